The first-order valence-corrected chi connectivity index (χ1v) is 6.23. The van der Waals surface area contributed by atoms with Crippen molar-refractivity contribution in [1.82, 2.24) is 0 Å². The first kappa shape index (κ1) is 13.7. The number of nitrogens with one attached hydrogen (secondary N) is 1. The highest BCUT2D eigenvalue weighted by Crippen LogP contribution is 2.22. The highest BCUT2D eigenvalue weighted by atomic mass is 35.5. The molecule has 0 saturated heterocycles. The second-order valence-electron chi connectivity index (χ2n) is 3.90. The van der Waals surface area contributed by atoms with Crippen molar-refractivity contribution in [1.29, 1.82) is 5.26 Å². The molecule has 0 aliphatic carbocycles. The van der Waals surface area contributed by atoms with E-state index < -0.39 is 5.82 Å². The minimum atomic E-state index is -0.453. The fourth-order valence-electron chi connectivity index (χ4n) is 1.61. The van der Waals surface area contributed by atoms with E-state index in [1.807, 2.05) is 0 Å². The van der Waals surface area contributed by atoms with Crippen LogP contribution in [-0.2, 0) is 6.54 Å². The highest BCUT2D eigenvalue weighted by Gasteiger charge is 2.04. The van der Waals surface area contributed by atoms with Crippen molar-refractivity contribution in [2.75, 3.05) is 5.32 Å². The molecule has 0 bridgehead atoms. The summed E-state index contributed by atoms with van der Waals surface area (Å²) in [7, 11) is 0. The van der Waals surface area contributed by atoms with Crippen LogP contribution in [-0.4, -0.2) is 0 Å². The Hall–Kier alpha value is -1.76. The number of nitriles is 1. The van der Waals surface area contributed by atoms with Gasteiger partial charge in [0.25, 0.3) is 0 Å². The summed E-state index contributed by atoms with van der Waals surface area (Å²) in [6, 6.07) is 11.5. The number of hydrogen-bond donors (Lipinski definition) is 1. The lowest BCUT2D eigenvalue weighted by Gasteiger charge is -2.09. The molecule has 19 heavy (non-hydrogen) atoms. The van der Waals surface area contributed by atoms with Crippen molar-refractivity contribution < 1.29 is 4.39 Å². The minimum Gasteiger partial charge on any atom is -0.380 e. The van der Waals surface area contributed by atoms with Crippen molar-refractivity contribution in [3.63, 3.8) is 0 Å². The standard InChI is InChI=1S/C14H9Cl2FN2/c15-11-3-2-10(7-18)14(6-11)19-8-9-1-4-13(17)12(16)5-9/h1-6,19H,8H2. The van der Waals surface area contributed by atoms with Crippen LogP contribution in [0.15, 0.2) is 36.4 Å². The molecule has 0 heterocycles. The van der Waals surface area contributed by atoms with Crippen molar-refractivity contribution in [3.8, 4) is 6.07 Å². The van der Waals surface area contributed by atoms with Gasteiger partial charge in [0, 0.05) is 11.6 Å². The summed E-state index contributed by atoms with van der Waals surface area (Å²) < 4.78 is 13.0. The average molecular weight is 295 g/mol. The van der Waals surface area contributed by atoms with Gasteiger partial charge in [0.15, 0.2) is 0 Å². The number of nitrogens with zero attached hydrogens (tertiary/aromatic N) is 1. The average Bonchev–Trinajstić information content (AvgIpc) is 2.40. The van der Waals surface area contributed by atoms with Gasteiger partial charge in [-0.3, -0.25) is 0 Å². The van der Waals surface area contributed by atoms with Crippen molar-refractivity contribution in [2.24, 2.45) is 0 Å². The lowest BCUT2D eigenvalue weighted by molar-refractivity contribution is 0.627. The first-order valence-electron chi connectivity index (χ1n) is 5.47. The van der Waals surface area contributed by atoms with Gasteiger partial charge in [0.1, 0.15) is 11.9 Å². The third-order valence-corrected chi connectivity index (χ3v) is 3.09. The number of hydrogen-bond acceptors (Lipinski definition) is 2. The molecular formula is C14H9Cl2FN2. The molecule has 2 rings (SSSR count). The quantitative estimate of drug-likeness (QED) is 0.897. The van der Waals surface area contributed by atoms with E-state index in [1.54, 1.807) is 30.3 Å². The Balaban J connectivity index is 2.16. The Morgan fingerprint density at radius 3 is 2.63 bits per heavy atom. The van der Waals surface area contributed by atoms with Crippen LogP contribution >= 0.6 is 23.2 Å². The maximum absolute atomic E-state index is 13.0. The van der Waals surface area contributed by atoms with Gasteiger partial charge < -0.3 is 5.32 Å². The van der Waals surface area contributed by atoms with E-state index in [2.05, 4.69) is 11.4 Å². The van der Waals surface area contributed by atoms with E-state index in [9.17, 15) is 4.39 Å². The summed E-state index contributed by atoms with van der Waals surface area (Å²) in [5.41, 5.74) is 1.95. The van der Waals surface area contributed by atoms with Gasteiger partial charge in [0.05, 0.1) is 16.3 Å². The summed E-state index contributed by atoms with van der Waals surface area (Å²) in [6.07, 6.45) is 0. The van der Waals surface area contributed by atoms with E-state index in [0.717, 1.165) is 5.56 Å². The Morgan fingerprint density at radius 2 is 1.95 bits per heavy atom. The van der Waals surface area contributed by atoms with Crippen LogP contribution in [0, 0.1) is 17.1 Å². The van der Waals surface area contributed by atoms with E-state index in [1.165, 1.54) is 6.07 Å². The zero-order valence-corrected chi connectivity index (χ0v) is 11.3. The van der Waals surface area contributed by atoms with Gasteiger partial charge in [-0.25, -0.2) is 4.39 Å². The molecule has 0 radical (unpaired) electrons. The zero-order chi connectivity index (χ0) is 13.8. The van der Waals surface area contributed by atoms with Crippen LogP contribution in [0.1, 0.15) is 11.1 Å². The Labute approximate surface area is 120 Å². The fourth-order valence-corrected chi connectivity index (χ4v) is 1.98. The third-order valence-electron chi connectivity index (χ3n) is 2.57. The van der Waals surface area contributed by atoms with Crippen LogP contribution in [0.2, 0.25) is 10.0 Å². The summed E-state index contributed by atoms with van der Waals surface area (Å²) >= 11 is 11.6. The van der Waals surface area contributed by atoms with Crippen molar-refractivity contribution >= 4 is 28.9 Å². The fraction of sp³-hybridized carbons (Fsp3) is 0.0714. The molecule has 0 spiro atoms. The molecule has 0 aromatic heterocycles. The lowest BCUT2D eigenvalue weighted by atomic mass is 10.1. The van der Waals surface area contributed by atoms with E-state index in [-0.39, 0.29) is 5.02 Å². The number of halogens is 3. The molecule has 2 nitrogen and oxygen atoms in total. The lowest BCUT2D eigenvalue weighted by Crippen LogP contribution is -2.01. The maximum atomic E-state index is 13.0. The molecule has 5 heteroatoms. The predicted molar refractivity (Wildman–Crippen MR) is 74.9 cm³/mol. The Kier molecular flexibility index (Phi) is 4.26. The molecular weight excluding hydrogens is 286 g/mol. The van der Waals surface area contributed by atoms with Crippen LogP contribution in [0.25, 0.3) is 0 Å². The van der Waals surface area contributed by atoms with E-state index in [4.69, 9.17) is 28.5 Å². The first-order chi connectivity index (χ1) is 9.10. The number of benzene rings is 2. The highest BCUT2D eigenvalue weighted by molar-refractivity contribution is 6.31. The number of anilines is 1. The van der Waals surface area contributed by atoms with Gasteiger partial charge in [0.2, 0.25) is 0 Å². The second-order valence-corrected chi connectivity index (χ2v) is 4.75. The molecule has 2 aromatic rings. The molecule has 0 saturated carbocycles. The van der Waals surface area contributed by atoms with Gasteiger partial charge >= 0.3 is 0 Å². The van der Waals surface area contributed by atoms with Gasteiger partial charge in [-0.1, -0.05) is 29.3 Å². The molecule has 2 aromatic carbocycles. The number of rotatable bonds is 3. The van der Waals surface area contributed by atoms with Crippen LogP contribution < -0.4 is 5.32 Å². The Morgan fingerprint density at radius 1 is 1.16 bits per heavy atom. The Bertz CT molecular complexity index is 650. The summed E-state index contributed by atoms with van der Waals surface area (Å²) in [5.74, 6) is -0.453. The zero-order valence-electron chi connectivity index (χ0n) is 9.75. The van der Waals surface area contributed by atoms with E-state index in [0.29, 0.717) is 22.8 Å². The van der Waals surface area contributed by atoms with Crippen molar-refractivity contribution in [2.45, 2.75) is 6.54 Å². The molecule has 1 N–H and O–H groups in total. The van der Waals surface area contributed by atoms with Crippen LogP contribution in [0.5, 0.6) is 0 Å². The topological polar surface area (TPSA) is 35.8 Å². The largest absolute Gasteiger partial charge is 0.380 e. The smallest absolute Gasteiger partial charge is 0.141 e. The molecule has 96 valence electrons. The second kappa shape index (κ2) is 5.92. The van der Waals surface area contributed by atoms with Crippen molar-refractivity contribution in [3.05, 3.63) is 63.4 Å². The molecule has 0 unspecified atom stereocenters. The molecule has 0 aliphatic heterocycles. The summed E-state index contributed by atoms with van der Waals surface area (Å²) in [4.78, 5) is 0. The SMILES string of the molecule is N#Cc1ccc(Cl)cc1NCc1ccc(F)c(Cl)c1. The van der Waals surface area contributed by atoms with Gasteiger partial charge in [-0.15, -0.1) is 0 Å². The third kappa shape index (κ3) is 3.37. The van der Waals surface area contributed by atoms with Crippen LogP contribution in [0.4, 0.5) is 10.1 Å². The van der Waals surface area contributed by atoms with Gasteiger partial charge in [-0.05, 0) is 35.9 Å². The van der Waals surface area contributed by atoms with Crippen LogP contribution in [0.3, 0.4) is 0 Å². The minimum absolute atomic E-state index is 0.0749. The monoisotopic (exact) mass is 294 g/mol. The molecule has 0 amide bonds. The normalized spacial score (nSPS) is 10.0. The molecule has 0 aliphatic rings. The predicted octanol–water partition coefficient (Wildman–Crippen LogP) is 4.62. The summed E-state index contributed by atoms with van der Waals surface area (Å²) in [5, 5.41) is 12.7. The summed E-state index contributed by atoms with van der Waals surface area (Å²) in [6.45, 7) is 0.426. The van der Waals surface area contributed by atoms with Gasteiger partial charge in [-0.2, -0.15) is 5.26 Å². The molecule has 0 fully saturated rings. The maximum Gasteiger partial charge on any atom is 0.141 e. The van der Waals surface area contributed by atoms with E-state index >= 15 is 0 Å². The molecule has 0 atom stereocenters.